The molecule has 148 valence electrons. The Kier molecular flexibility index (Phi) is 8.73. The van der Waals surface area contributed by atoms with Crippen LogP contribution in [-0.2, 0) is 16.1 Å². The van der Waals surface area contributed by atoms with E-state index in [0.29, 0.717) is 32.2 Å². The SMILES string of the molecule is C#CCN(CC(=O)NCC1CN(CC(C)C)CCO1)Cc1ccc(F)cc1. The summed E-state index contributed by atoms with van der Waals surface area (Å²) in [6.07, 6.45) is 5.43. The normalized spacial score (nSPS) is 17.9. The van der Waals surface area contributed by atoms with Crippen molar-refractivity contribution in [1.29, 1.82) is 0 Å². The van der Waals surface area contributed by atoms with Crippen molar-refractivity contribution in [2.24, 2.45) is 5.92 Å². The van der Waals surface area contributed by atoms with Gasteiger partial charge < -0.3 is 10.1 Å². The van der Waals surface area contributed by atoms with Gasteiger partial charge in [0.1, 0.15) is 5.82 Å². The lowest BCUT2D eigenvalue weighted by molar-refractivity contribution is -0.123. The second-order valence-electron chi connectivity index (χ2n) is 7.43. The number of hydrogen-bond acceptors (Lipinski definition) is 4. The Morgan fingerprint density at radius 3 is 2.85 bits per heavy atom. The molecule has 1 aliphatic rings. The van der Waals surface area contributed by atoms with E-state index in [1.165, 1.54) is 12.1 Å². The summed E-state index contributed by atoms with van der Waals surface area (Å²) in [5.74, 6) is 2.82. The maximum Gasteiger partial charge on any atom is 0.234 e. The van der Waals surface area contributed by atoms with Gasteiger partial charge in [0.25, 0.3) is 0 Å². The second-order valence-corrected chi connectivity index (χ2v) is 7.43. The van der Waals surface area contributed by atoms with Crippen LogP contribution in [0.2, 0.25) is 0 Å². The lowest BCUT2D eigenvalue weighted by atomic mass is 10.2. The Bertz CT molecular complexity index is 627. The van der Waals surface area contributed by atoms with Gasteiger partial charge in [-0.3, -0.25) is 14.6 Å². The predicted octanol–water partition coefficient (Wildman–Crippen LogP) is 1.73. The number of benzene rings is 1. The lowest BCUT2D eigenvalue weighted by Gasteiger charge is -2.34. The van der Waals surface area contributed by atoms with Crippen molar-refractivity contribution in [2.45, 2.75) is 26.5 Å². The van der Waals surface area contributed by atoms with Crippen LogP contribution in [0.3, 0.4) is 0 Å². The molecule has 2 rings (SSSR count). The van der Waals surface area contributed by atoms with Crippen molar-refractivity contribution in [2.75, 3.05) is 45.9 Å². The molecule has 0 bridgehead atoms. The average molecular weight is 375 g/mol. The van der Waals surface area contributed by atoms with Crippen LogP contribution in [0.15, 0.2) is 24.3 Å². The number of hydrogen-bond donors (Lipinski definition) is 1. The summed E-state index contributed by atoms with van der Waals surface area (Å²) in [5, 5.41) is 2.95. The van der Waals surface area contributed by atoms with E-state index in [0.717, 1.165) is 25.2 Å². The Morgan fingerprint density at radius 2 is 2.19 bits per heavy atom. The molecule has 1 unspecified atom stereocenters. The highest BCUT2D eigenvalue weighted by molar-refractivity contribution is 5.78. The number of nitrogens with one attached hydrogen (secondary N) is 1. The fraction of sp³-hybridized carbons (Fsp3) is 0.571. The zero-order chi connectivity index (χ0) is 19.6. The van der Waals surface area contributed by atoms with Crippen LogP contribution in [0.25, 0.3) is 0 Å². The van der Waals surface area contributed by atoms with E-state index in [9.17, 15) is 9.18 Å². The van der Waals surface area contributed by atoms with Crippen LogP contribution in [0, 0.1) is 24.1 Å². The first-order valence-corrected chi connectivity index (χ1v) is 9.47. The van der Waals surface area contributed by atoms with Crippen LogP contribution in [0.4, 0.5) is 4.39 Å². The summed E-state index contributed by atoms with van der Waals surface area (Å²) < 4.78 is 18.8. The fourth-order valence-electron chi connectivity index (χ4n) is 3.22. The molecule has 1 saturated heterocycles. The molecule has 6 heteroatoms. The van der Waals surface area contributed by atoms with Crippen molar-refractivity contribution in [3.63, 3.8) is 0 Å². The standard InChI is InChI=1S/C21H30FN3O2/c1-4-9-24(14-18-5-7-19(22)8-6-18)16-21(26)23-12-20-15-25(10-11-27-20)13-17(2)3/h1,5-8,17,20H,9-16H2,2-3H3,(H,23,26). The molecule has 5 nitrogen and oxygen atoms in total. The number of carbonyl (C=O) groups is 1. The number of rotatable bonds is 9. The van der Waals surface area contributed by atoms with Crippen LogP contribution < -0.4 is 5.32 Å². The van der Waals surface area contributed by atoms with Crippen molar-refractivity contribution < 1.29 is 13.9 Å². The van der Waals surface area contributed by atoms with Crippen LogP contribution in [0.5, 0.6) is 0 Å². The summed E-state index contributed by atoms with van der Waals surface area (Å²) in [7, 11) is 0. The maximum atomic E-state index is 13.0. The van der Waals surface area contributed by atoms with E-state index in [4.69, 9.17) is 11.2 Å². The van der Waals surface area contributed by atoms with E-state index in [1.807, 2.05) is 4.90 Å². The van der Waals surface area contributed by atoms with Crippen molar-refractivity contribution >= 4 is 5.91 Å². The topological polar surface area (TPSA) is 44.8 Å². The zero-order valence-electron chi connectivity index (χ0n) is 16.3. The number of nitrogens with zero attached hydrogens (tertiary/aromatic N) is 2. The number of morpholine rings is 1. The largest absolute Gasteiger partial charge is 0.374 e. The van der Waals surface area contributed by atoms with Gasteiger partial charge in [-0.05, 0) is 23.6 Å². The minimum absolute atomic E-state index is 0.0135. The van der Waals surface area contributed by atoms with Gasteiger partial charge in [0, 0.05) is 32.7 Å². The molecule has 0 aromatic heterocycles. The minimum atomic E-state index is -0.279. The molecular formula is C21H30FN3O2. The molecule has 1 aliphatic heterocycles. The van der Waals surface area contributed by atoms with Gasteiger partial charge in [0.05, 0.1) is 25.8 Å². The highest BCUT2D eigenvalue weighted by Crippen LogP contribution is 2.08. The van der Waals surface area contributed by atoms with Crippen molar-refractivity contribution in [3.05, 3.63) is 35.6 Å². The molecule has 1 heterocycles. The molecule has 0 spiro atoms. The predicted molar refractivity (Wildman–Crippen MR) is 105 cm³/mol. The number of carbonyl (C=O) groups excluding carboxylic acids is 1. The summed E-state index contributed by atoms with van der Waals surface area (Å²) in [4.78, 5) is 16.6. The molecule has 1 N–H and O–H groups in total. The molecule has 1 aromatic rings. The lowest BCUT2D eigenvalue weighted by Crippen LogP contribution is -2.49. The van der Waals surface area contributed by atoms with E-state index >= 15 is 0 Å². The third-order valence-corrected chi connectivity index (χ3v) is 4.37. The molecular weight excluding hydrogens is 345 g/mol. The Hall–Kier alpha value is -1.94. The first-order chi connectivity index (χ1) is 13.0. The Morgan fingerprint density at radius 1 is 1.44 bits per heavy atom. The number of terminal acetylenes is 1. The van der Waals surface area contributed by atoms with Gasteiger partial charge in [-0.1, -0.05) is 31.9 Å². The molecule has 0 aliphatic carbocycles. The molecule has 1 aromatic carbocycles. The molecule has 27 heavy (non-hydrogen) atoms. The van der Waals surface area contributed by atoms with Gasteiger partial charge in [-0.15, -0.1) is 6.42 Å². The van der Waals surface area contributed by atoms with Gasteiger partial charge in [0.15, 0.2) is 0 Å². The van der Waals surface area contributed by atoms with E-state index < -0.39 is 0 Å². The smallest absolute Gasteiger partial charge is 0.234 e. The van der Waals surface area contributed by atoms with E-state index in [1.54, 1.807) is 12.1 Å². The quantitative estimate of drug-likeness (QED) is 0.668. The van der Waals surface area contributed by atoms with E-state index in [2.05, 4.69) is 30.0 Å². The first-order valence-electron chi connectivity index (χ1n) is 9.47. The summed E-state index contributed by atoms with van der Waals surface area (Å²) >= 11 is 0. The number of halogens is 1. The summed E-state index contributed by atoms with van der Waals surface area (Å²) in [5.41, 5.74) is 0.916. The van der Waals surface area contributed by atoms with Gasteiger partial charge in [-0.2, -0.15) is 0 Å². The van der Waals surface area contributed by atoms with Crippen LogP contribution >= 0.6 is 0 Å². The second kappa shape index (κ2) is 11.0. The van der Waals surface area contributed by atoms with Gasteiger partial charge in [0.2, 0.25) is 5.91 Å². The zero-order valence-corrected chi connectivity index (χ0v) is 16.3. The molecule has 0 radical (unpaired) electrons. The van der Waals surface area contributed by atoms with Gasteiger partial charge in [-0.25, -0.2) is 4.39 Å². The molecule has 1 atom stereocenters. The van der Waals surface area contributed by atoms with Crippen molar-refractivity contribution in [1.82, 2.24) is 15.1 Å². The minimum Gasteiger partial charge on any atom is -0.374 e. The average Bonchev–Trinajstić information content (AvgIpc) is 2.62. The third-order valence-electron chi connectivity index (χ3n) is 4.37. The van der Waals surface area contributed by atoms with Crippen molar-refractivity contribution in [3.8, 4) is 12.3 Å². The Labute approximate surface area is 161 Å². The molecule has 0 saturated carbocycles. The molecule has 1 fully saturated rings. The first kappa shape index (κ1) is 21.4. The van der Waals surface area contributed by atoms with E-state index in [-0.39, 0.29) is 24.4 Å². The van der Waals surface area contributed by atoms with Crippen LogP contribution in [-0.4, -0.2) is 67.7 Å². The number of ether oxygens (including phenoxy) is 1. The van der Waals surface area contributed by atoms with Gasteiger partial charge >= 0.3 is 0 Å². The maximum absolute atomic E-state index is 13.0. The third kappa shape index (κ3) is 8.08. The highest BCUT2D eigenvalue weighted by Gasteiger charge is 2.21. The highest BCUT2D eigenvalue weighted by atomic mass is 19.1. The monoisotopic (exact) mass is 375 g/mol. The summed E-state index contributed by atoms with van der Waals surface area (Å²) in [6, 6.07) is 6.23. The summed E-state index contributed by atoms with van der Waals surface area (Å²) in [6.45, 7) is 9.46. The van der Waals surface area contributed by atoms with Crippen LogP contribution in [0.1, 0.15) is 19.4 Å². The Balaban J connectivity index is 1.78. The number of amides is 1. The molecule has 1 amide bonds. The fourth-order valence-corrected chi connectivity index (χ4v) is 3.22.